The first kappa shape index (κ1) is 20.5. The van der Waals surface area contributed by atoms with E-state index in [9.17, 15) is 24.4 Å². The van der Waals surface area contributed by atoms with Crippen molar-refractivity contribution >= 4 is 69.5 Å². The normalized spacial score (nSPS) is 25.4. The maximum Gasteiger partial charge on any atom is 0.352 e. The lowest BCUT2D eigenvalue weighted by molar-refractivity contribution is -0.150. The van der Waals surface area contributed by atoms with Gasteiger partial charge >= 0.3 is 5.97 Å². The topological polar surface area (TPSA) is 155 Å². The minimum absolute atomic E-state index is 0.00786. The van der Waals surface area contributed by atoms with Gasteiger partial charge in [-0.1, -0.05) is 0 Å². The smallest absolute Gasteiger partial charge is 0.352 e. The number of carboxylic acid groups (broad SMARTS) is 1. The number of nitrogens with one attached hydrogen (secondary N) is 1. The monoisotopic (exact) mass is 473 g/mol. The second-order valence-corrected chi connectivity index (χ2v) is 11.0. The molecule has 0 radical (unpaired) electrons. The molecule has 4 N–H and O–H groups in total. The summed E-state index contributed by atoms with van der Waals surface area (Å²) < 4.78 is 0.0229. The van der Waals surface area contributed by atoms with Crippen LogP contribution in [0.2, 0.25) is 0 Å². The van der Waals surface area contributed by atoms with Crippen molar-refractivity contribution in [1.29, 1.82) is 0 Å². The zero-order chi connectivity index (χ0) is 20.7. The number of hydrogen-bond donors (Lipinski definition) is 3. The predicted molar refractivity (Wildman–Crippen MR) is 113 cm³/mol. The number of carboxylic acids is 1. The Morgan fingerprint density at radius 1 is 1.34 bits per heavy atom. The number of carbonyl (C=O) groups is 3. The lowest BCUT2D eigenvalue weighted by Gasteiger charge is -2.50. The molecule has 1 aromatic heterocycles. The van der Waals surface area contributed by atoms with Crippen LogP contribution in [-0.2, 0) is 14.4 Å². The lowest BCUT2D eigenvalue weighted by Crippen LogP contribution is -2.71. The molecule has 3 atom stereocenters. The Hall–Kier alpha value is -1.77. The summed E-state index contributed by atoms with van der Waals surface area (Å²) in [7, 11) is 0. The van der Waals surface area contributed by atoms with E-state index in [1.807, 2.05) is 0 Å². The van der Waals surface area contributed by atoms with Gasteiger partial charge in [0.15, 0.2) is 5.13 Å². The van der Waals surface area contributed by atoms with E-state index in [0.717, 1.165) is 28.4 Å². The van der Waals surface area contributed by atoms with E-state index in [4.69, 9.17) is 5.73 Å². The summed E-state index contributed by atoms with van der Waals surface area (Å²) in [5.41, 5.74) is 6.38. The molecular weight excluding hydrogens is 458 g/mol. The first-order valence-corrected chi connectivity index (χ1v) is 12.4. The molecule has 3 aliphatic heterocycles. The quantitative estimate of drug-likeness (QED) is 0.404. The van der Waals surface area contributed by atoms with Crippen molar-refractivity contribution in [2.75, 3.05) is 23.0 Å². The van der Waals surface area contributed by atoms with Gasteiger partial charge in [0.05, 0.1) is 10.3 Å². The second kappa shape index (κ2) is 8.16. The Morgan fingerprint density at radius 3 is 2.66 bits per heavy atom. The number of hydrogen-bond acceptors (Lipinski definition) is 11. The van der Waals surface area contributed by atoms with Crippen LogP contribution in [0.1, 0.15) is 11.7 Å². The summed E-state index contributed by atoms with van der Waals surface area (Å²) in [5, 5.41) is 16.2. The molecule has 0 spiro atoms. The number of rotatable bonds is 6. The Kier molecular flexibility index (Phi) is 5.77. The third-order valence-corrected chi connectivity index (χ3v) is 9.70. The maximum absolute atomic E-state index is 12.7. The number of carbonyl (C=O) groups excluding carboxylic acids is 2. The van der Waals surface area contributed by atoms with Crippen LogP contribution in [0.15, 0.2) is 21.8 Å². The highest BCUT2D eigenvalue weighted by Crippen LogP contribution is 2.47. The van der Waals surface area contributed by atoms with E-state index in [-0.39, 0.29) is 21.1 Å². The number of thiazole rings is 1. The first-order chi connectivity index (χ1) is 13.9. The van der Waals surface area contributed by atoms with Crippen LogP contribution in [0.3, 0.4) is 0 Å². The van der Waals surface area contributed by atoms with Crippen molar-refractivity contribution in [3.63, 3.8) is 0 Å². The van der Waals surface area contributed by atoms with Crippen LogP contribution in [0.25, 0.3) is 0 Å². The van der Waals surface area contributed by atoms with Crippen LogP contribution >= 0.6 is 46.6 Å². The Morgan fingerprint density at radius 2 is 2.07 bits per heavy atom. The molecule has 10 nitrogen and oxygen atoms in total. The van der Waals surface area contributed by atoms with Gasteiger partial charge in [0.25, 0.3) is 11.8 Å². The average Bonchev–Trinajstić information content (AvgIpc) is 3.37. The number of nitroso groups, excluding NO2 is 1. The standard InChI is InChI=1S/C15H15N5O5S4/c16-15-17-6(4-29-15)7(19-25)10(21)18-8-11(22)20-9(13(23)24)5(3-28-12(8)20)14-26-1-2-27-14/h4,7-8,12,14H,1-3H2,(H2,16,17)(H,18,21)(H,23,24)/t7?,8?,12-/m0/s1. The van der Waals surface area contributed by atoms with Crippen molar-refractivity contribution in [2.24, 2.45) is 5.18 Å². The van der Waals surface area contributed by atoms with E-state index < -0.39 is 35.2 Å². The molecule has 4 heterocycles. The van der Waals surface area contributed by atoms with Gasteiger partial charge in [-0.15, -0.1) is 51.5 Å². The number of nitrogen functional groups attached to an aromatic ring is 1. The SMILES string of the molecule is Nc1nc(C(N=O)C(=O)NC2C(=O)N3C(C(=O)O)=C(C4SCCS4)CS[C@@H]23)cs1. The number of aromatic nitrogens is 1. The summed E-state index contributed by atoms with van der Waals surface area (Å²) in [6, 6.07) is -2.34. The zero-order valence-electron chi connectivity index (χ0n) is 14.6. The summed E-state index contributed by atoms with van der Waals surface area (Å²) in [6.07, 6.45) is 0. The molecule has 0 bridgehead atoms. The van der Waals surface area contributed by atoms with Gasteiger partial charge in [0.1, 0.15) is 17.1 Å². The molecule has 2 unspecified atom stereocenters. The van der Waals surface area contributed by atoms with E-state index >= 15 is 0 Å². The molecular formula is C15H15N5O5S4. The van der Waals surface area contributed by atoms with Crippen LogP contribution in [0.4, 0.5) is 5.13 Å². The number of nitrogens with zero attached hydrogens (tertiary/aromatic N) is 3. The molecule has 1 aromatic rings. The minimum atomic E-state index is -1.42. The second-order valence-electron chi connectivity index (χ2n) is 6.27. The van der Waals surface area contributed by atoms with Crippen LogP contribution in [0.5, 0.6) is 0 Å². The fourth-order valence-corrected chi connectivity index (χ4v) is 8.41. The average molecular weight is 474 g/mol. The molecule has 0 saturated carbocycles. The van der Waals surface area contributed by atoms with Crippen molar-refractivity contribution in [1.82, 2.24) is 15.2 Å². The summed E-state index contributed by atoms with van der Waals surface area (Å²) in [5.74, 6) is -0.0906. The number of nitrogens with two attached hydrogens (primary N) is 1. The molecule has 154 valence electrons. The lowest BCUT2D eigenvalue weighted by atomic mass is 10.0. The Labute approximate surface area is 181 Å². The van der Waals surface area contributed by atoms with Gasteiger partial charge in [0, 0.05) is 22.6 Å². The summed E-state index contributed by atoms with van der Waals surface area (Å²) >= 11 is 5.82. The van der Waals surface area contributed by atoms with Crippen molar-refractivity contribution in [3.8, 4) is 0 Å². The number of aliphatic carboxylic acids is 1. The van der Waals surface area contributed by atoms with Crippen LogP contribution in [0, 0.1) is 4.91 Å². The molecule has 4 rings (SSSR count). The molecule has 29 heavy (non-hydrogen) atoms. The highest BCUT2D eigenvalue weighted by molar-refractivity contribution is 8.20. The third kappa shape index (κ3) is 3.62. The van der Waals surface area contributed by atoms with Gasteiger partial charge in [-0.2, -0.15) is 0 Å². The highest BCUT2D eigenvalue weighted by atomic mass is 32.2. The molecule has 2 saturated heterocycles. The van der Waals surface area contributed by atoms with Gasteiger partial charge in [0.2, 0.25) is 6.04 Å². The van der Waals surface area contributed by atoms with Crippen molar-refractivity contribution in [2.45, 2.75) is 22.0 Å². The van der Waals surface area contributed by atoms with Gasteiger partial charge in [-0.3, -0.25) is 14.5 Å². The fourth-order valence-electron chi connectivity index (χ4n) is 3.28. The third-order valence-electron chi connectivity index (χ3n) is 4.58. The predicted octanol–water partition coefficient (Wildman–Crippen LogP) is 1.08. The Bertz CT molecular complexity index is 915. The zero-order valence-corrected chi connectivity index (χ0v) is 17.9. The number of thioether (sulfide) groups is 3. The van der Waals surface area contributed by atoms with E-state index in [1.165, 1.54) is 22.0 Å². The van der Waals surface area contributed by atoms with Crippen molar-refractivity contribution < 1.29 is 19.5 Å². The first-order valence-electron chi connectivity index (χ1n) is 8.40. The largest absolute Gasteiger partial charge is 0.477 e. The molecule has 2 amide bonds. The Balaban J connectivity index is 1.51. The maximum atomic E-state index is 12.7. The number of amides is 2. The summed E-state index contributed by atoms with van der Waals surface area (Å²) in [6.45, 7) is 0. The van der Waals surface area contributed by atoms with E-state index in [0.29, 0.717) is 5.75 Å². The number of fused-ring (bicyclic) bond motifs is 1. The molecule has 2 fully saturated rings. The molecule has 0 aliphatic carbocycles. The van der Waals surface area contributed by atoms with Gasteiger partial charge in [-0.25, -0.2) is 9.78 Å². The molecule has 0 aromatic carbocycles. The van der Waals surface area contributed by atoms with Gasteiger partial charge < -0.3 is 16.2 Å². The van der Waals surface area contributed by atoms with E-state index in [1.54, 1.807) is 23.5 Å². The van der Waals surface area contributed by atoms with Crippen LogP contribution in [-0.4, -0.2) is 66.0 Å². The number of β-lactam (4-membered cyclic amide) rings is 1. The van der Waals surface area contributed by atoms with Crippen molar-refractivity contribution in [3.05, 3.63) is 27.3 Å². The highest BCUT2D eigenvalue weighted by Gasteiger charge is 2.55. The summed E-state index contributed by atoms with van der Waals surface area (Å²) in [4.78, 5) is 53.4. The van der Waals surface area contributed by atoms with Gasteiger partial charge in [-0.05, 0) is 10.7 Å². The molecule has 3 aliphatic rings. The minimum Gasteiger partial charge on any atom is -0.477 e. The number of anilines is 1. The molecule has 14 heteroatoms. The fraction of sp³-hybridized carbons (Fsp3) is 0.467. The van der Waals surface area contributed by atoms with E-state index in [2.05, 4.69) is 15.5 Å². The van der Waals surface area contributed by atoms with Crippen LogP contribution < -0.4 is 11.1 Å².